The highest BCUT2D eigenvalue weighted by Gasteiger charge is 2.20. The third kappa shape index (κ3) is 5.00. The minimum absolute atomic E-state index is 0.193. The summed E-state index contributed by atoms with van der Waals surface area (Å²) in [6.07, 6.45) is 5.10. The van der Waals surface area contributed by atoms with Crippen molar-refractivity contribution in [3.63, 3.8) is 0 Å². The number of halogens is 1. The lowest BCUT2D eigenvalue weighted by atomic mass is 10.0. The Morgan fingerprint density at radius 3 is 2.65 bits per heavy atom. The summed E-state index contributed by atoms with van der Waals surface area (Å²) >= 11 is 6.67. The van der Waals surface area contributed by atoms with Crippen molar-refractivity contribution in [1.82, 2.24) is 34.8 Å². The van der Waals surface area contributed by atoms with Crippen molar-refractivity contribution < 1.29 is 4.79 Å². The quantitative estimate of drug-likeness (QED) is 0.387. The summed E-state index contributed by atoms with van der Waals surface area (Å²) in [5.74, 6) is 0.769. The number of hydrogen-bond donors (Lipinski definition) is 2. The van der Waals surface area contributed by atoms with Crippen LogP contribution in [0.5, 0.6) is 0 Å². The van der Waals surface area contributed by atoms with Gasteiger partial charge in [-0.15, -0.1) is 0 Å². The zero-order valence-corrected chi connectivity index (χ0v) is 20.4. The summed E-state index contributed by atoms with van der Waals surface area (Å²) < 4.78 is 1.75. The number of aromatic amines is 1. The van der Waals surface area contributed by atoms with Gasteiger partial charge in [-0.2, -0.15) is 10.2 Å². The molecule has 9 nitrogen and oxygen atoms in total. The molecule has 3 heterocycles. The minimum Gasteiger partial charge on any atom is -0.311 e. The average molecular weight is 479 g/mol. The molecule has 0 spiro atoms. The molecule has 34 heavy (non-hydrogen) atoms. The van der Waals surface area contributed by atoms with E-state index in [9.17, 15) is 4.79 Å². The maximum Gasteiger partial charge on any atom is 0.222 e. The summed E-state index contributed by atoms with van der Waals surface area (Å²) in [5, 5.41) is 15.3. The molecule has 10 heteroatoms. The molecule has 0 atom stereocenters. The van der Waals surface area contributed by atoms with E-state index in [0.717, 1.165) is 47.6 Å². The molecule has 176 valence electrons. The van der Waals surface area contributed by atoms with Crippen molar-refractivity contribution in [3.8, 4) is 28.3 Å². The molecular weight excluding hydrogens is 452 g/mol. The first-order chi connectivity index (χ1) is 16.4. The van der Waals surface area contributed by atoms with Gasteiger partial charge >= 0.3 is 0 Å². The monoisotopic (exact) mass is 478 g/mol. The molecule has 4 rings (SSSR count). The van der Waals surface area contributed by atoms with Crippen LogP contribution in [-0.2, 0) is 11.3 Å². The Hall–Kier alpha value is -3.56. The standard InChI is InChI=1S/C24H27ClN8O/c1-5-32(6-2)12-17-7-8-20(25)18(9-17)23-19(24-27-14-28-30-24)13-33(31-23)21-10-22(29-16(4)34)26-11-15(21)3/h7-11,13-14H,5-6,12H2,1-4H3,(H,26,29,34)(H,27,28,30). The Balaban J connectivity index is 1.84. The van der Waals surface area contributed by atoms with Crippen molar-refractivity contribution in [3.05, 3.63) is 59.1 Å². The van der Waals surface area contributed by atoms with Gasteiger partial charge in [0.15, 0.2) is 5.82 Å². The second-order valence-electron chi connectivity index (χ2n) is 7.97. The Kier molecular flexibility index (Phi) is 7.04. The smallest absolute Gasteiger partial charge is 0.222 e. The normalized spacial score (nSPS) is 11.2. The summed E-state index contributed by atoms with van der Waals surface area (Å²) in [6.45, 7) is 10.4. The number of aryl methyl sites for hydroxylation is 1. The van der Waals surface area contributed by atoms with Gasteiger partial charge < -0.3 is 5.32 Å². The van der Waals surface area contributed by atoms with E-state index >= 15 is 0 Å². The molecule has 0 saturated heterocycles. The van der Waals surface area contributed by atoms with Gasteiger partial charge in [-0.3, -0.25) is 14.8 Å². The van der Waals surface area contributed by atoms with E-state index in [4.69, 9.17) is 16.7 Å². The first-order valence-corrected chi connectivity index (χ1v) is 11.5. The fourth-order valence-corrected chi connectivity index (χ4v) is 3.97. The van der Waals surface area contributed by atoms with E-state index in [2.05, 4.69) is 50.3 Å². The summed E-state index contributed by atoms with van der Waals surface area (Å²) in [6, 6.07) is 7.81. The topological polar surface area (TPSA) is 105 Å². The number of benzene rings is 1. The molecule has 2 N–H and O–H groups in total. The van der Waals surface area contributed by atoms with Gasteiger partial charge in [0.1, 0.15) is 17.8 Å². The number of hydrogen-bond acceptors (Lipinski definition) is 6. The highest BCUT2D eigenvalue weighted by atomic mass is 35.5. The zero-order chi connectivity index (χ0) is 24.2. The number of H-pyrrole nitrogens is 1. The minimum atomic E-state index is -0.193. The molecule has 0 aliphatic rings. The fourth-order valence-electron chi connectivity index (χ4n) is 3.76. The van der Waals surface area contributed by atoms with Gasteiger partial charge in [0, 0.05) is 37.5 Å². The number of rotatable bonds is 8. The molecule has 0 aliphatic heterocycles. The van der Waals surface area contributed by atoms with Gasteiger partial charge in [-0.25, -0.2) is 14.6 Å². The Labute approximate surface area is 203 Å². The summed E-state index contributed by atoms with van der Waals surface area (Å²) in [5.41, 5.74) is 5.03. The molecule has 0 radical (unpaired) electrons. The molecule has 1 aromatic carbocycles. The number of nitrogens with zero attached hydrogens (tertiary/aromatic N) is 6. The predicted octanol–water partition coefficient (Wildman–Crippen LogP) is 4.48. The maximum atomic E-state index is 11.5. The zero-order valence-electron chi connectivity index (χ0n) is 19.6. The molecule has 0 fully saturated rings. The first kappa shape index (κ1) is 23.6. The Morgan fingerprint density at radius 2 is 1.97 bits per heavy atom. The SMILES string of the molecule is CCN(CC)Cc1ccc(Cl)c(-c2nn(-c3cc(NC(C)=O)ncc3C)cc2-c2nc[nH]n2)c1. The van der Waals surface area contributed by atoms with Gasteiger partial charge in [0.25, 0.3) is 0 Å². The van der Waals surface area contributed by atoms with Gasteiger partial charge in [0.05, 0.1) is 16.3 Å². The molecule has 0 bridgehead atoms. The second kappa shape index (κ2) is 10.1. The van der Waals surface area contributed by atoms with Crippen LogP contribution in [0.4, 0.5) is 5.82 Å². The molecule has 4 aromatic rings. The highest BCUT2D eigenvalue weighted by molar-refractivity contribution is 6.33. The molecule has 0 unspecified atom stereocenters. The van der Waals surface area contributed by atoms with Crippen LogP contribution in [0.15, 0.2) is 43.0 Å². The van der Waals surface area contributed by atoms with E-state index in [-0.39, 0.29) is 5.91 Å². The number of nitrogens with one attached hydrogen (secondary N) is 2. The van der Waals surface area contributed by atoms with Crippen LogP contribution in [0, 0.1) is 6.92 Å². The lowest BCUT2D eigenvalue weighted by Crippen LogP contribution is -2.22. The van der Waals surface area contributed by atoms with Crippen molar-refractivity contribution in [2.45, 2.75) is 34.2 Å². The maximum absolute atomic E-state index is 11.5. The Morgan fingerprint density at radius 1 is 1.18 bits per heavy atom. The number of carbonyl (C=O) groups is 1. The second-order valence-corrected chi connectivity index (χ2v) is 8.38. The van der Waals surface area contributed by atoms with E-state index < -0.39 is 0 Å². The fraction of sp³-hybridized carbons (Fsp3) is 0.292. The number of amides is 1. The van der Waals surface area contributed by atoms with E-state index in [1.54, 1.807) is 16.9 Å². The first-order valence-electron chi connectivity index (χ1n) is 11.1. The van der Waals surface area contributed by atoms with Crippen molar-refractivity contribution in [2.75, 3.05) is 18.4 Å². The third-order valence-electron chi connectivity index (χ3n) is 5.58. The Bertz CT molecular complexity index is 1290. The molecular formula is C24H27ClN8O. The molecule has 3 aromatic heterocycles. The van der Waals surface area contributed by atoms with Crippen LogP contribution in [0.3, 0.4) is 0 Å². The lowest BCUT2D eigenvalue weighted by Gasteiger charge is -2.18. The van der Waals surface area contributed by atoms with Crippen LogP contribution in [0.1, 0.15) is 31.9 Å². The van der Waals surface area contributed by atoms with Crippen molar-refractivity contribution in [1.29, 1.82) is 0 Å². The predicted molar refractivity (Wildman–Crippen MR) is 133 cm³/mol. The van der Waals surface area contributed by atoms with E-state index in [1.807, 2.05) is 25.3 Å². The van der Waals surface area contributed by atoms with Crippen LogP contribution in [0.2, 0.25) is 5.02 Å². The number of pyridine rings is 1. The van der Waals surface area contributed by atoms with Crippen molar-refractivity contribution >= 4 is 23.3 Å². The van der Waals surface area contributed by atoms with Crippen LogP contribution < -0.4 is 5.32 Å². The van der Waals surface area contributed by atoms with Gasteiger partial charge in [-0.05, 0) is 43.3 Å². The number of anilines is 1. The van der Waals surface area contributed by atoms with Gasteiger partial charge in [0.2, 0.25) is 5.91 Å². The molecule has 0 saturated carbocycles. The van der Waals surface area contributed by atoms with Crippen LogP contribution in [0.25, 0.3) is 28.3 Å². The summed E-state index contributed by atoms with van der Waals surface area (Å²) in [7, 11) is 0. The third-order valence-corrected chi connectivity index (χ3v) is 5.91. The lowest BCUT2D eigenvalue weighted by molar-refractivity contribution is -0.114. The average Bonchev–Trinajstić information content (AvgIpc) is 3.49. The van der Waals surface area contributed by atoms with Crippen LogP contribution in [-0.4, -0.2) is 53.8 Å². The molecule has 1 amide bonds. The summed E-state index contributed by atoms with van der Waals surface area (Å²) in [4.78, 5) is 22.5. The largest absolute Gasteiger partial charge is 0.311 e. The number of aromatic nitrogens is 6. The number of carbonyl (C=O) groups excluding carboxylic acids is 1. The highest BCUT2D eigenvalue weighted by Crippen LogP contribution is 2.35. The van der Waals surface area contributed by atoms with E-state index in [0.29, 0.717) is 22.4 Å². The van der Waals surface area contributed by atoms with Crippen molar-refractivity contribution in [2.24, 2.45) is 0 Å². The van der Waals surface area contributed by atoms with Crippen LogP contribution >= 0.6 is 11.6 Å². The molecule has 0 aliphatic carbocycles. The van der Waals surface area contributed by atoms with Gasteiger partial charge in [-0.1, -0.05) is 31.5 Å². The van der Waals surface area contributed by atoms with E-state index in [1.165, 1.54) is 13.3 Å².